The monoisotopic (exact) mass is 324 g/mol. The second-order valence-electron chi connectivity index (χ2n) is 5.03. The highest BCUT2D eigenvalue weighted by molar-refractivity contribution is 7.15. The summed E-state index contributed by atoms with van der Waals surface area (Å²) in [6.07, 6.45) is 5.49. The topological polar surface area (TPSA) is 42.0 Å². The highest BCUT2D eigenvalue weighted by Gasteiger charge is 2.17. The van der Waals surface area contributed by atoms with Crippen molar-refractivity contribution in [2.45, 2.75) is 32.1 Å². The highest BCUT2D eigenvalue weighted by atomic mass is 35.5. The summed E-state index contributed by atoms with van der Waals surface area (Å²) in [4.78, 5) is 17.8. The van der Waals surface area contributed by atoms with Gasteiger partial charge in [-0.25, -0.2) is 9.37 Å². The molecule has 0 radical (unpaired) electrons. The van der Waals surface area contributed by atoms with Crippen LogP contribution in [0, 0.1) is 5.82 Å². The number of hydrogen-bond acceptors (Lipinski definition) is 3. The molecule has 3 rings (SSSR count). The Hall–Kier alpha value is -1.46. The molecule has 0 saturated heterocycles. The molecule has 110 valence electrons. The molecule has 21 heavy (non-hydrogen) atoms. The van der Waals surface area contributed by atoms with Gasteiger partial charge in [-0.1, -0.05) is 18.0 Å². The third kappa shape index (κ3) is 3.24. The fourth-order valence-electron chi connectivity index (χ4n) is 2.42. The zero-order valence-electron chi connectivity index (χ0n) is 11.3. The third-order valence-electron chi connectivity index (χ3n) is 3.49. The van der Waals surface area contributed by atoms with Crippen molar-refractivity contribution in [3.63, 3.8) is 0 Å². The van der Waals surface area contributed by atoms with Gasteiger partial charge in [-0.3, -0.25) is 10.1 Å². The third-order valence-corrected chi connectivity index (χ3v) is 4.80. The quantitative estimate of drug-likeness (QED) is 0.829. The molecule has 1 N–H and O–H groups in total. The van der Waals surface area contributed by atoms with Crippen molar-refractivity contribution >= 4 is 34.0 Å². The Kier molecular flexibility index (Phi) is 4.22. The number of carbonyl (C=O) groups is 1. The maximum atomic E-state index is 13.7. The first-order valence-corrected chi connectivity index (χ1v) is 8.08. The van der Waals surface area contributed by atoms with Gasteiger partial charge in [0.05, 0.1) is 11.3 Å². The molecule has 0 atom stereocenters. The lowest BCUT2D eigenvalue weighted by Crippen LogP contribution is -2.13. The number of fused-ring (bicyclic) bond motifs is 1. The van der Waals surface area contributed by atoms with Crippen molar-refractivity contribution in [3.05, 3.63) is 45.2 Å². The van der Waals surface area contributed by atoms with Crippen LogP contribution in [0.3, 0.4) is 0 Å². The van der Waals surface area contributed by atoms with Crippen molar-refractivity contribution in [2.75, 3.05) is 5.32 Å². The standard InChI is InChI=1S/C15H14ClFN2OS/c16-9-6-7-10(11(17)8-9)14(20)19-15-18-12-4-2-1-3-5-13(12)21-15/h6-8H,1-5H2,(H,18,19,20). The Morgan fingerprint density at radius 3 is 2.90 bits per heavy atom. The van der Waals surface area contributed by atoms with E-state index in [1.54, 1.807) is 0 Å². The van der Waals surface area contributed by atoms with Gasteiger partial charge in [-0.15, -0.1) is 11.3 Å². The van der Waals surface area contributed by atoms with Crippen molar-refractivity contribution in [2.24, 2.45) is 0 Å². The minimum atomic E-state index is -0.627. The van der Waals surface area contributed by atoms with Gasteiger partial charge in [-0.2, -0.15) is 0 Å². The van der Waals surface area contributed by atoms with Gasteiger partial charge >= 0.3 is 0 Å². The lowest BCUT2D eigenvalue weighted by Gasteiger charge is -2.03. The second kappa shape index (κ2) is 6.12. The van der Waals surface area contributed by atoms with E-state index in [1.807, 2.05) is 0 Å². The molecule has 1 amide bonds. The summed E-state index contributed by atoms with van der Waals surface area (Å²) < 4.78 is 13.7. The van der Waals surface area contributed by atoms with Gasteiger partial charge in [0, 0.05) is 9.90 Å². The molecule has 1 aromatic carbocycles. The van der Waals surface area contributed by atoms with Gasteiger partial charge in [0.2, 0.25) is 0 Å². The molecular weight excluding hydrogens is 311 g/mol. The van der Waals surface area contributed by atoms with Crippen LogP contribution in [0.2, 0.25) is 5.02 Å². The fraction of sp³-hybridized carbons (Fsp3) is 0.333. The molecule has 1 heterocycles. The van der Waals surface area contributed by atoms with E-state index < -0.39 is 11.7 Å². The van der Waals surface area contributed by atoms with Gasteiger partial charge in [0.15, 0.2) is 5.13 Å². The van der Waals surface area contributed by atoms with E-state index in [0.29, 0.717) is 5.13 Å². The van der Waals surface area contributed by atoms with Crippen molar-refractivity contribution in [1.29, 1.82) is 0 Å². The number of nitrogens with one attached hydrogen (secondary N) is 1. The Morgan fingerprint density at radius 2 is 2.10 bits per heavy atom. The van der Waals surface area contributed by atoms with Crippen LogP contribution >= 0.6 is 22.9 Å². The summed E-state index contributed by atoms with van der Waals surface area (Å²) in [7, 11) is 0. The second-order valence-corrected chi connectivity index (χ2v) is 6.55. The van der Waals surface area contributed by atoms with E-state index >= 15 is 0 Å². The minimum Gasteiger partial charge on any atom is -0.298 e. The van der Waals surface area contributed by atoms with E-state index in [9.17, 15) is 9.18 Å². The van der Waals surface area contributed by atoms with Crippen LogP contribution in [-0.4, -0.2) is 10.9 Å². The predicted molar refractivity (Wildman–Crippen MR) is 82.7 cm³/mol. The van der Waals surface area contributed by atoms with E-state index in [2.05, 4.69) is 10.3 Å². The van der Waals surface area contributed by atoms with E-state index in [-0.39, 0.29) is 10.6 Å². The molecule has 0 saturated carbocycles. The predicted octanol–water partition coefficient (Wildman–Crippen LogP) is 4.46. The smallest absolute Gasteiger partial charge is 0.260 e. The number of rotatable bonds is 2. The van der Waals surface area contributed by atoms with Gasteiger partial charge in [-0.05, 0) is 43.9 Å². The van der Waals surface area contributed by atoms with Crippen LogP contribution < -0.4 is 5.32 Å². The number of benzene rings is 1. The molecule has 0 fully saturated rings. The fourth-order valence-corrected chi connectivity index (χ4v) is 3.62. The number of hydrogen-bond donors (Lipinski definition) is 1. The normalized spacial score (nSPS) is 14.4. The number of halogens is 2. The van der Waals surface area contributed by atoms with E-state index in [0.717, 1.165) is 37.4 Å². The zero-order valence-corrected chi connectivity index (χ0v) is 12.9. The summed E-state index contributed by atoms with van der Waals surface area (Å²) in [6, 6.07) is 4.01. The number of aromatic nitrogens is 1. The number of thiazole rings is 1. The maximum Gasteiger partial charge on any atom is 0.260 e. The summed E-state index contributed by atoms with van der Waals surface area (Å²) >= 11 is 7.17. The molecule has 1 aliphatic rings. The molecule has 0 spiro atoms. The SMILES string of the molecule is O=C(Nc1nc2c(s1)CCCCC2)c1ccc(Cl)cc1F. The van der Waals surface area contributed by atoms with Crippen LogP contribution in [0.15, 0.2) is 18.2 Å². The number of anilines is 1. The molecule has 0 unspecified atom stereocenters. The van der Waals surface area contributed by atoms with Crippen LogP contribution in [0.5, 0.6) is 0 Å². The van der Waals surface area contributed by atoms with Crippen LogP contribution in [0.1, 0.15) is 40.2 Å². The zero-order chi connectivity index (χ0) is 14.8. The van der Waals surface area contributed by atoms with E-state index in [4.69, 9.17) is 11.6 Å². The summed E-state index contributed by atoms with van der Waals surface area (Å²) in [5.74, 6) is -1.12. The van der Waals surface area contributed by atoms with Gasteiger partial charge in [0.25, 0.3) is 5.91 Å². The molecule has 0 aliphatic heterocycles. The molecule has 6 heteroatoms. The van der Waals surface area contributed by atoms with E-state index in [1.165, 1.54) is 34.8 Å². The number of carbonyl (C=O) groups excluding carboxylic acids is 1. The number of nitrogens with zero attached hydrogens (tertiary/aromatic N) is 1. The molecule has 1 aliphatic carbocycles. The summed E-state index contributed by atoms with van der Waals surface area (Å²) in [5.41, 5.74) is 1.05. The number of amides is 1. The Morgan fingerprint density at radius 1 is 1.29 bits per heavy atom. The Labute approximate surface area is 131 Å². The molecule has 2 aromatic rings. The van der Waals surface area contributed by atoms with Crippen molar-refractivity contribution < 1.29 is 9.18 Å². The maximum absolute atomic E-state index is 13.7. The lowest BCUT2D eigenvalue weighted by molar-refractivity contribution is 0.102. The minimum absolute atomic E-state index is 0.0233. The summed E-state index contributed by atoms with van der Waals surface area (Å²) in [5, 5.41) is 3.49. The van der Waals surface area contributed by atoms with Gasteiger partial charge in [0.1, 0.15) is 5.82 Å². The average Bonchev–Trinajstić information content (AvgIpc) is 2.67. The largest absolute Gasteiger partial charge is 0.298 e. The lowest BCUT2D eigenvalue weighted by atomic mass is 10.2. The molecular formula is C15H14ClFN2OS. The first-order chi connectivity index (χ1) is 10.1. The number of aryl methyl sites for hydroxylation is 2. The van der Waals surface area contributed by atoms with Gasteiger partial charge < -0.3 is 0 Å². The highest BCUT2D eigenvalue weighted by Crippen LogP contribution is 2.29. The molecule has 0 bridgehead atoms. The Balaban J connectivity index is 1.78. The van der Waals surface area contributed by atoms with Crippen LogP contribution in [0.25, 0.3) is 0 Å². The summed E-state index contributed by atoms with van der Waals surface area (Å²) in [6.45, 7) is 0. The Bertz CT molecular complexity index is 663. The molecule has 3 nitrogen and oxygen atoms in total. The van der Waals surface area contributed by atoms with Crippen molar-refractivity contribution in [1.82, 2.24) is 4.98 Å². The first-order valence-electron chi connectivity index (χ1n) is 6.88. The van der Waals surface area contributed by atoms with Crippen LogP contribution in [0.4, 0.5) is 9.52 Å². The van der Waals surface area contributed by atoms with Crippen molar-refractivity contribution in [3.8, 4) is 0 Å². The molecule has 1 aromatic heterocycles. The average molecular weight is 325 g/mol. The van der Waals surface area contributed by atoms with Crippen LogP contribution in [-0.2, 0) is 12.8 Å². The first kappa shape index (κ1) is 14.5.